The molecule has 3 heterocycles. The number of sulfone groups is 1. The van der Waals surface area contributed by atoms with Crippen LogP contribution in [0, 0.1) is 0 Å². The fourth-order valence-electron chi connectivity index (χ4n) is 4.22. The summed E-state index contributed by atoms with van der Waals surface area (Å²) in [5, 5.41) is 4.81. The number of benzene rings is 2. The van der Waals surface area contributed by atoms with E-state index >= 15 is 0 Å². The van der Waals surface area contributed by atoms with Crippen molar-refractivity contribution in [3.8, 4) is 22.7 Å². The topological polar surface area (TPSA) is 81.5 Å². The number of thiocarbonyl (C=S) groups is 1. The van der Waals surface area contributed by atoms with Gasteiger partial charge in [-0.3, -0.25) is 9.69 Å². The van der Waals surface area contributed by atoms with Gasteiger partial charge in [-0.15, -0.1) is 0 Å². The Balaban J connectivity index is 1.52. The van der Waals surface area contributed by atoms with E-state index in [9.17, 15) is 13.2 Å². The van der Waals surface area contributed by atoms with Gasteiger partial charge >= 0.3 is 0 Å². The Morgan fingerprint density at radius 3 is 2.57 bits per heavy atom. The van der Waals surface area contributed by atoms with Crippen molar-refractivity contribution in [2.75, 3.05) is 18.1 Å². The zero-order valence-electron chi connectivity index (χ0n) is 19.0. The lowest BCUT2D eigenvalue weighted by atomic mass is 10.1. The number of rotatable bonds is 6. The van der Waals surface area contributed by atoms with Crippen molar-refractivity contribution in [2.45, 2.75) is 19.4 Å². The van der Waals surface area contributed by atoms with Gasteiger partial charge < -0.3 is 4.74 Å². The Bertz CT molecular complexity index is 1410. The molecule has 180 valence electrons. The average Bonchev–Trinajstić information content (AvgIpc) is 3.50. The first-order valence-electron chi connectivity index (χ1n) is 11.2. The number of hydrogen-bond acceptors (Lipinski definition) is 7. The maximum Gasteiger partial charge on any atom is 0.266 e. The van der Waals surface area contributed by atoms with Crippen molar-refractivity contribution >= 4 is 50.1 Å². The Kier molecular flexibility index (Phi) is 6.52. The van der Waals surface area contributed by atoms with Crippen molar-refractivity contribution in [1.82, 2.24) is 14.7 Å². The summed E-state index contributed by atoms with van der Waals surface area (Å²) in [6, 6.07) is 17.0. The monoisotopic (exact) mass is 525 g/mol. The minimum absolute atomic E-state index is 0.0455. The molecule has 5 rings (SSSR count). The third kappa shape index (κ3) is 4.91. The van der Waals surface area contributed by atoms with Crippen LogP contribution in [0.4, 0.5) is 0 Å². The van der Waals surface area contributed by atoms with Crippen LogP contribution in [0.15, 0.2) is 65.7 Å². The number of ether oxygens (including phenoxy) is 1. The van der Waals surface area contributed by atoms with Gasteiger partial charge in [-0.25, -0.2) is 13.1 Å². The third-order valence-corrected chi connectivity index (χ3v) is 8.97. The van der Waals surface area contributed by atoms with Crippen LogP contribution < -0.4 is 4.74 Å². The van der Waals surface area contributed by atoms with E-state index in [1.54, 1.807) is 10.8 Å². The van der Waals surface area contributed by atoms with E-state index < -0.39 is 15.9 Å². The van der Waals surface area contributed by atoms with Crippen LogP contribution in [0.2, 0.25) is 0 Å². The van der Waals surface area contributed by atoms with E-state index in [4.69, 9.17) is 22.1 Å². The van der Waals surface area contributed by atoms with Gasteiger partial charge in [0.05, 0.1) is 40.4 Å². The van der Waals surface area contributed by atoms with Gasteiger partial charge in [-0.2, -0.15) is 5.10 Å². The fourth-order valence-corrected chi connectivity index (χ4v) is 7.31. The minimum atomic E-state index is -3.14. The van der Waals surface area contributed by atoms with E-state index in [2.05, 4.69) is 0 Å². The highest BCUT2D eigenvalue weighted by atomic mass is 32.2. The highest BCUT2D eigenvalue weighted by Gasteiger charge is 2.42. The molecular formula is C25H23N3O4S3. The highest BCUT2D eigenvalue weighted by molar-refractivity contribution is 8.26. The second-order valence-corrected chi connectivity index (χ2v) is 12.2. The van der Waals surface area contributed by atoms with E-state index in [1.165, 1.54) is 16.7 Å². The number of thioether (sulfide) groups is 1. The number of nitrogens with zero attached hydrogens (tertiary/aromatic N) is 3. The molecule has 0 unspecified atom stereocenters. The van der Waals surface area contributed by atoms with Gasteiger partial charge in [0, 0.05) is 17.3 Å². The lowest BCUT2D eigenvalue weighted by Crippen LogP contribution is -2.39. The molecule has 2 aliphatic heterocycles. The molecule has 3 aromatic rings. The molecule has 0 aliphatic carbocycles. The van der Waals surface area contributed by atoms with E-state index in [0.29, 0.717) is 27.9 Å². The Labute approximate surface area is 213 Å². The molecule has 2 saturated heterocycles. The molecule has 0 saturated carbocycles. The minimum Gasteiger partial charge on any atom is -0.494 e. The number of carbonyl (C=O) groups is 1. The van der Waals surface area contributed by atoms with Crippen LogP contribution in [0.5, 0.6) is 5.75 Å². The first-order chi connectivity index (χ1) is 16.8. The van der Waals surface area contributed by atoms with Gasteiger partial charge in [0.25, 0.3) is 5.91 Å². The van der Waals surface area contributed by atoms with Crippen LogP contribution in [-0.2, 0) is 14.6 Å². The zero-order valence-corrected chi connectivity index (χ0v) is 21.4. The van der Waals surface area contributed by atoms with Crippen molar-refractivity contribution in [1.29, 1.82) is 0 Å². The number of aromatic nitrogens is 2. The highest BCUT2D eigenvalue weighted by Crippen LogP contribution is 2.38. The average molecular weight is 526 g/mol. The normalized spacial score (nSPS) is 20.7. The maximum atomic E-state index is 13.3. The van der Waals surface area contributed by atoms with Crippen LogP contribution in [0.1, 0.15) is 18.9 Å². The SMILES string of the molecule is CCOc1ccc(-c2nn(-c3ccccc3)cc2/C=C2/SC(=S)N([C@H]3CCS(=O)(=O)C3)C2=O)cc1. The lowest BCUT2D eigenvalue weighted by Gasteiger charge is -2.20. The number of hydrogen-bond donors (Lipinski definition) is 0. The number of amides is 1. The molecule has 7 nitrogen and oxygen atoms in total. The standard InChI is InChI=1S/C25H23N3O4S3/c1-2-32-21-10-8-17(9-11-21)23-18(15-27(26-23)19-6-4-3-5-7-19)14-22-24(29)28(25(33)34-22)20-12-13-35(30,31)16-20/h3-11,14-15,20H,2,12-13,16H2,1H3/b22-14+/t20-/m0/s1. The molecule has 2 aromatic carbocycles. The van der Waals surface area contributed by atoms with Gasteiger partial charge in [-0.05, 0) is 55.8 Å². The van der Waals surface area contributed by atoms with Crippen molar-refractivity contribution in [3.63, 3.8) is 0 Å². The fraction of sp³-hybridized carbons (Fsp3) is 0.240. The second-order valence-electron chi connectivity index (χ2n) is 8.28. The summed E-state index contributed by atoms with van der Waals surface area (Å²) in [6.07, 6.45) is 4.08. The quantitative estimate of drug-likeness (QED) is 0.350. The Morgan fingerprint density at radius 1 is 1.17 bits per heavy atom. The molecule has 35 heavy (non-hydrogen) atoms. The van der Waals surface area contributed by atoms with E-state index in [-0.39, 0.29) is 17.4 Å². The summed E-state index contributed by atoms with van der Waals surface area (Å²) in [5.41, 5.74) is 3.25. The number of carbonyl (C=O) groups excluding carboxylic acids is 1. The Morgan fingerprint density at radius 2 is 1.91 bits per heavy atom. The predicted octanol–water partition coefficient (Wildman–Crippen LogP) is 4.33. The molecule has 10 heteroatoms. The molecule has 0 spiro atoms. The van der Waals surface area contributed by atoms with E-state index in [0.717, 1.165) is 22.6 Å². The zero-order chi connectivity index (χ0) is 24.6. The maximum absolute atomic E-state index is 13.3. The second kappa shape index (κ2) is 9.60. The molecule has 1 atom stereocenters. The van der Waals surface area contributed by atoms with Gasteiger partial charge in [0.1, 0.15) is 10.1 Å². The molecular weight excluding hydrogens is 502 g/mol. The largest absolute Gasteiger partial charge is 0.494 e. The van der Waals surface area contributed by atoms with Crippen molar-refractivity contribution < 1.29 is 17.9 Å². The van der Waals surface area contributed by atoms with Crippen molar-refractivity contribution in [3.05, 3.63) is 71.3 Å². The molecule has 1 aromatic heterocycles. The Hall–Kier alpha value is -2.95. The van der Waals surface area contributed by atoms with Crippen LogP contribution >= 0.6 is 24.0 Å². The van der Waals surface area contributed by atoms with Gasteiger partial charge in [0.2, 0.25) is 0 Å². The third-order valence-electron chi connectivity index (χ3n) is 5.89. The molecule has 1 amide bonds. The van der Waals surface area contributed by atoms with Crippen LogP contribution in [-0.4, -0.2) is 57.5 Å². The molecule has 2 aliphatic rings. The predicted molar refractivity (Wildman–Crippen MR) is 142 cm³/mol. The van der Waals surface area contributed by atoms with Gasteiger partial charge in [-0.1, -0.05) is 42.2 Å². The molecule has 0 N–H and O–H groups in total. The summed E-state index contributed by atoms with van der Waals surface area (Å²) in [7, 11) is -3.14. The smallest absolute Gasteiger partial charge is 0.266 e. The molecule has 2 fully saturated rings. The number of para-hydroxylation sites is 1. The van der Waals surface area contributed by atoms with E-state index in [1.807, 2.05) is 67.7 Å². The summed E-state index contributed by atoms with van der Waals surface area (Å²) < 4.78 is 31.7. The summed E-state index contributed by atoms with van der Waals surface area (Å²) in [5.74, 6) is 0.551. The first kappa shape index (κ1) is 23.8. The molecule has 0 bridgehead atoms. The molecule has 0 radical (unpaired) electrons. The lowest BCUT2D eigenvalue weighted by molar-refractivity contribution is -0.123. The first-order valence-corrected chi connectivity index (χ1v) is 14.2. The summed E-state index contributed by atoms with van der Waals surface area (Å²) in [6.45, 7) is 2.52. The summed E-state index contributed by atoms with van der Waals surface area (Å²) in [4.78, 5) is 15.2. The van der Waals surface area contributed by atoms with Gasteiger partial charge in [0.15, 0.2) is 9.84 Å². The van der Waals surface area contributed by atoms with Crippen molar-refractivity contribution in [2.24, 2.45) is 0 Å². The summed E-state index contributed by atoms with van der Waals surface area (Å²) >= 11 is 6.67. The van der Waals surface area contributed by atoms with Crippen LogP contribution in [0.3, 0.4) is 0 Å². The van der Waals surface area contributed by atoms with Crippen LogP contribution in [0.25, 0.3) is 23.0 Å².